The van der Waals surface area contributed by atoms with Gasteiger partial charge in [-0.2, -0.15) is 0 Å². The molecule has 0 bridgehead atoms. The number of benzene rings is 2. The first-order valence-corrected chi connectivity index (χ1v) is 8.04. The number of nitrogens with one attached hydrogen (secondary N) is 1. The molecule has 0 aromatic heterocycles. The van der Waals surface area contributed by atoms with Crippen LogP contribution in [0.15, 0.2) is 48.5 Å². The molecule has 2 nitrogen and oxygen atoms in total. The summed E-state index contributed by atoms with van der Waals surface area (Å²) in [5.41, 5.74) is 6.09. The fraction of sp³-hybridized carbons (Fsp3) is 0.368. The molecule has 2 aromatic rings. The smallest absolute Gasteiger partial charge is 0.0608 e. The van der Waals surface area contributed by atoms with E-state index in [2.05, 4.69) is 58.7 Å². The van der Waals surface area contributed by atoms with Crippen LogP contribution in [0.25, 0.3) is 0 Å². The van der Waals surface area contributed by atoms with Crippen LogP contribution in [-0.4, -0.2) is 31.1 Å². The quantitative estimate of drug-likeness (QED) is 0.844. The van der Waals surface area contributed by atoms with Gasteiger partial charge in [0.05, 0.1) is 6.04 Å². The van der Waals surface area contributed by atoms with E-state index in [1.165, 1.54) is 22.3 Å². The second kappa shape index (κ2) is 8.16. The Morgan fingerprint density at radius 3 is 1.74 bits per heavy atom. The van der Waals surface area contributed by atoms with Crippen molar-refractivity contribution in [1.82, 2.24) is 10.2 Å². The van der Waals surface area contributed by atoms with E-state index in [0.717, 1.165) is 39.0 Å². The van der Waals surface area contributed by atoms with Gasteiger partial charge < -0.3 is 5.32 Å². The van der Waals surface area contributed by atoms with Crippen molar-refractivity contribution in [2.45, 2.75) is 18.9 Å². The summed E-state index contributed by atoms with van der Waals surface area (Å²) in [6.45, 7) is 4.46. The number of nitrogens with zero attached hydrogens (tertiary/aromatic N) is 1. The van der Waals surface area contributed by atoms with Crippen molar-refractivity contribution in [3.05, 3.63) is 70.8 Å². The highest BCUT2D eigenvalue weighted by Gasteiger charge is 2.28. The normalized spacial score (nSPS) is 17.9. The molecule has 124 valence electrons. The van der Waals surface area contributed by atoms with Crippen molar-refractivity contribution in [1.29, 1.82) is 0 Å². The van der Waals surface area contributed by atoms with Crippen LogP contribution >= 0.6 is 24.8 Å². The number of hydrogen-bond donors (Lipinski definition) is 1. The van der Waals surface area contributed by atoms with Crippen LogP contribution in [0.3, 0.4) is 0 Å². The average Bonchev–Trinajstić information content (AvgIpc) is 2.72. The molecular formula is C19H24Cl2N2. The van der Waals surface area contributed by atoms with E-state index in [0.29, 0.717) is 6.04 Å². The summed E-state index contributed by atoms with van der Waals surface area (Å²) in [6.07, 6.45) is 2.32. The van der Waals surface area contributed by atoms with Gasteiger partial charge in [0, 0.05) is 26.2 Å². The van der Waals surface area contributed by atoms with Crippen LogP contribution in [0.4, 0.5) is 0 Å². The van der Waals surface area contributed by atoms with E-state index in [1.54, 1.807) is 0 Å². The lowest BCUT2D eigenvalue weighted by Gasteiger charge is -2.36. The zero-order valence-corrected chi connectivity index (χ0v) is 14.8. The highest BCUT2D eigenvalue weighted by Crippen LogP contribution is 2.36. The van der Waals surface area contributed by atoms with Gasteiger partial charge >= 0.3 is 0 Å². The van der Waals surface area contributed by atoms with Gasteiger partial charge in [-0.15, -0.1) is 24.8 Å². The molecule has 1 N–H and O–H groups in total. The molecule has 0 amide bonds. The molecule has 1 fully saturated rings. The van der Waals surface area contributed by atoms with Gasteiger partial charge in [0.15, 0.2) is 0 Å². The Labute approximate surface area is 151 Å². The molecule has 0 atom stereocenters. The summed E-state index contributed by atoms with van der Waals surface area (Å²) in [6, 6.07) is 18.5. The second-order valence-corrected chi connectivity index (χ2v) is 6.09. The lowest BCUT2D eigenvalue weighted by Crippen LogP contribution is -2.45. The molecule has 0 radical (unpaired) electrons. The van der Waals surface area contributed by atoms with Crippen LogP contribution in [0.5, 0.6) is 0 Å². The molecular weight excluding hydrogens is 327 g/mol. The third-order valence-corrected chi connectivity index (χ3v) is 4.88. The molecule has 1 aliphatic carbocycles. The summed E-state index contributed by atoms with van der Waals surface area (Å²) >= 11 is 0. The van der Waals surface area contributed by atoms with Crippen LogP contribution < -0.4 is 5.32 Å². The Kier molecular flexibility index (Phi) is 6.49. The Hall–Kier alpha value is -1.06. The Morgan fingerprint density at radius 1 is 0.739 bits per heavy atom. The number of rotatable bonds is 1. The van der Waals surface area contributed by atoms with Gasteiger partial charge in [-0.1, -0.05) is 48.5 Å². The molecule has 2 aromatic carbocycles. The SMILES string of the molecule is Cl.Cl.c1ccc2c(c1)CCc1ccccc1C2N1CCNCC1. The molecule has 1 heterocycles. The van der Waals surface area contributed by atoms with Crippen LogP contribution in [-0.2, 0) is 12.8 Å². The minimum atomic E-state index is 0. The highest BCUT2D eigenvalue weighted by atomic mass is 35.5. The molecule has 23 heavy (non-hydrogen) atoms. The summed E-state index contributed by atoms with van der Waals surface area (Å²) < 4.78 is 0. The van der Waals surface area contributed by atoms with Gasteiger partial charge in [0.1, 0.15) is 0 Å². The molecule has 0 spiro atoms. The number of aryl methyl sites for hydroxylation is 2. The van der Waals surface area contributed by atoms with Crippen LogP contribution in [0.2, 0.25) is 0 Å². The Balaban J connectivity index is 0.000000960. The first-order chi connectivity index (χ1) is 10.4. The second-order valence-electron chi connectivity index (χ2n) is 6.09. The van der Waals surface area contributed by atoms with Crippen molar-refractivity contribution in [3.63, 3.8) is 0 Å². The lowest BCUT2D eigenvalue weighted by molar-refractivity contribution is 0.198. The predicted molar refractivity (Wildman–Crippen MR) is 101 cm³/mol. The number of halogens is 2. The van der Waals surface area contributed by atoms with Gasteiger partial charge in [-0.25, -0.2) is 0 Å². The first-order valence-electron chi connectivity index (χ1n) is 8.04. The van der Waals surface area contributed by atoms with Gasteiger partial charge in [0.25, 0.3) is 0 Å². The van der Waals surface area contributed by atoms with Gasteiger partial charge in [-0.3, -0.25) is 4.90 Å². The molecule has 1 saturated heterocycles. The van der Waals surface area contributed by atoms with Crippen LogP contribution in [0, 0.1) is 0 Å². The Morgan fingerprint density at radius 2 is 1.22 bits per heavy atom. The van der Waals surface area contributed by atoms with E-state index in [1.807, 2.05) is 0 Å². The molecule has 0 saturated carbocycles. The molecule has 4 heteroatoms. The van der Waals surface area contributed by atoms with E-state index in [4.69, 9.17) is 0 Å². The third kappa shape index (κ3) is 3.56. The minimum absolute atomic E-state index is 0. The fourth-order valence-corrected chi connectivity index (χ4v) is 3.83. The third-order valence-electron chi connectivity index (χ3n) is 4.88. The summed E-state index contributed by atoms with van der Waals surface area (Å²) in [5.74, 6) is 0. The van der Waals surface area contributed by atoms with Gasteiger partial charge in [-0.05, 0) is 35.1 Å². The van der Waals surface area contributed by atoms with E-state index in [9.17, 15) is 0 Å². The highest BCUT2D eigenvalue weighted by molar-refractivity contribution is 5.85. The average molecular weight is 351 g/mol. The number of fused-ring (bicyclic) bond motifs is 2. The maximum Gasteiger partial charge on any atom is 0.0608 e. The van der Waals surface area contributed by atoms with E-state index >= 15 is 0 Å². The van der Waals surface area contributed by atoms with Crippen molar-refractivity contribution < 1.29 is 0 Å². The lowest BCUT2D eigenvalue weighted by atomic mass is 9.93. The van der Waals surface area contributed by atoms with Gasteiger partial charge in [0.2, 0.25) is 0 Å². The van der Waals surface area contributed by atoms with Crippen molar-refractivity contribution in [2.75, 3.05) is 26.2 Å². The standard InChI is InChI=1S/C19H22N2.2ClH/c1-3-7-17-15(5-1)9-10-16-6-2-4-8-18(16)19(17)21-13-11-20-12-14-21;;/h1-8,19-20H,9-14H2;2*1H. The molecule has 4 rings (SSSR count). The van der Waals surface area contributed by atoms with E-state index in [-0.39, 0.29) is 24.8 Å². The summed E-state index contributed by atoms with van der Waals surface area (Å²) in [5, 5.41) is 3.48. The molecule has 2 aliphatic rings. The van der Waals surface area contributed by atoms with Crippen molar-refractivity contribution >= 4 is 24.8 Å². The topological polar surface area (TPSA) is 15.3 Å². The number of piperazine rings is 1. The maximum absolute atomic E-state index is 3.48. The molecule has 0 unspecified atom stereocenters. The first kappa shape index (κ1) is 18.3. The van der Waals surface area contributed by atoms with Crippen LogP contribution in [0.1, 0.15) is 28.3 Å². The van der Waals surface area contributed by atoms with E-state index < -0.39 is 0 Å². The predicted octanol–water partition coefficient (Wildman–Crippen LogP) is 3.62. The summed E-state index contributed by atoms with van der Waals surface area (Å²) in [4.78, 5) is 2.65. The van der Waals surface area contributed by atoms with Crippen molar-refractivity contribution in [2.24, 2.45) is 0 Å². The Bertz CT molecular complexity index is 591. The monoisotopic (exact) mass is 350 g/mol. The summed E-state index contributed by atoms with van der Waals surface area (Å²) in [7, 11) is 0. The zero-order chi connectivity index (χ0) is 14.1. The zero-order valence-electron chi connectivity index (χ0n) is 13.2. The maximum atomic E-state index is 3.48. The molecule has 1 aliphatic heterocycles. The minimum Gasteiger partial charge on any atom is -0.314 e. The fourth-order valence-electron chi connectivity index (χ4n) is 3.83. The number of hydrogen-bond acceptors (Lipinski definition) is 2. The largest absolute Gasteiger partial charge is 0.314 e. The van der Waals surface area contributed by atoms with Crippen molar-refractivity contribution in [3.8, 4) is 0 Å².